The van der Waals surface area contributed by atoms with E-state index in [1.165, 1.54) is 11.1 Å². The van der Waals surface area contributed by atoms with Crippen molar-refractivity contribution in [1.82, 2.24) is 10.3 Å². The van der Waals surface area contributed by atoms with Gasteiger partial charge in [0.1, 0.15) is 11.6 Å². The first kappa shape index (κ1) is 15.7. The van der Waals surface area contributed by atoms with Gasteiger partial charge in [0.25, 0.3) is 0 Å². The smallest absolute Gasteiger partial charge is 0.171 e. The van der Waals surface area contributed by atoms with Gasteiger partial charge in [-0.2, -0.15) is 0 Å². The summed E-state index contributed by atoms with van der Waals surface area (Å²) >= 11 is 5.29. The molecule has 0 amide bonds. The predicted octanol–water partition coefficient (Wildman–Crippen LogP) is 3.68. The number of aromatic nitrogens is 1. The minimum atomic E-state index is 0.541. The molecule has 5 nitrogen and oxygen atoms in total. The zero-order valence-electron chi connectivity index (χ0n) is 13.6. The number of fused-ring (bicyclic) bond motifs is 1. The molecular weight excluding hydrogens is 332 g/mol. The summed E-state index contributed by atoms with van der Waals surface area (Å²) < 4.78 is 5.27. The molecule has 1 aromatic carbocycles. The standard InChI is InChI=1S/C19H18N4OS/c25-19(21-11-17-6-3-9-24-17)22-16-7-8-18(20-10-16)23-12-14-4-1-2-5-15(14)13-23/h1-10H,11-13H2,(H2,21,22,25). The van der Waals surface area contributed by atoms with Crippen LogP contribution >= 0.6 is 12.2 Å². The SMILES string of the molecule is S=C(NCc1ccco1)Nc1ccc(N2Cc3ccccc3C2)nc1. The highest BCUT2D eigenvalue weighted by atomic mass is 32.1. The van der Waals surface area contributed by atoms with Crippen molar-refractivity contribution in [3.63, 3.8) is 0 Å². The Hall–Kier alpha value is -2.86. The van der Waals surface area contributed by atoms with Crippen molar-refractivity contribution < 1.29 is 4.42 Å². The van der Waals surface area contributed by atoms with Gasteiger partial charge in [-0.05, 0) is 47.6 Å². The molecule has 0 saturated heterocycles. The summed E-state index contributed by atoms with van der Waals surface area (Å²) in [5.41, 5.74) is 3.60. The van der Waals surface area contributed by atoms with E-state index in [9.17, 15) is 0 Å². The molecule has 4 rings (SSSR count). The number of hydrogen-bond acceptors (Lipinski definition) is 4. The van der Waals surface area contributed by atoms with E-state index >= 15 is 0 Å². The maximum absolute atomic E-state index is 5.29. The number of pyridine rings is 1. The van der Waals surface area contributed by atoms with Crippen LogP contribution in [0.15, 0.2) is 65.4 Å². The fraction of sp³-hybridized carbons (Fsp3) is 0.158. The average molecular weight is 350 g/mol. The number of nitrogens with one attached hydrogen (secondary N) is 2. The normalized spacial score (nSPS) is 12.7. The van der Waals surface area contributed by atoms with Crippen LogP contribution in [0.2, 0.25) is 0 Å². The van der Waals surface area contributed by atoms with Crippen molar-refractivity contribution in [3.8, 4) is 0 Å². The predicted molar refractivity (Wildman–Crippen MR) is 102 cm³/mol. The number of furan rings is 1. The number of hydrogen-bond donors (Lipinski definition) is 2. The van der Waals surface area contributed by atoms with Gasteiger partial charge >= 0.3 is 0 Å². The van der Waals surface area contributed by atoms with E-state index < -0.39 is 0 Å². The Morgan fingerprint density at radius 3 is 2.52 bits per heavy atom. The Balaban J connectivity index is 1.34. The Kier molecular flexibility index (Phi) is 4.35. The molecule has 0 spiro atoms. The summed E-state index contributed by atoms with van der Waals surface area (Å²) in [6.45, 7) is 2.36. The quantitative estimate of drug-likeness (QED) is 0.700. The van der Waals surface area contributed by atoms with Gasteiger partial charge in [0, 0.05) is 13.1 Å². The van der Waals surface area contributed by atoms with Crippen LogP contribution < -0.4 is 15.5 Å². The van der Waals surface area contributed by atoms with Crippen molar-refractivity contribution in [3.05, 3.63) is 77.9 Å². The molecule has 126 valence electrons. The van der Waals surface area contributed by atoms with Crippen LogP contribution in [-0.4, -0.2) is 10.1 Å². The highest BCUT2D eigenvalue weighted by Crippen LogP contribution is 2.27. The molecule has 0 fully saturated rings. The highest BCUT2D eigenvalue weighted by molar-refractivity contribution is 7.80. The Morgan fingerprint density at radius 1 is 1.08 bits per heavy atom. The van der Waals surface area contributed by atoms with Gasteiger partial charge < -0.3 is 20.0 Å². The lowest BCUT2D eigenvalue weighted by atomic mass is 10.1. The summed E-state index contributed by atoms with van der Waals surface area (Å²) in [5.74, 6) is 1.81. The molecule has 0 unspecified atom stereocenters. The lowest BCUT2D eigenvalue weighted by molar-refractivity contribution is 0.503. The minimum Gasteiger partial charge on any atom is -0.467 e. The molecule has 25 heavy (non-hydrogen) atoms. The number of rotatable bonds is 4. The number of thiocarbonyl (C=S) groups is 1. The van der Waals surface area contributed by atoms with E-state index in [1.54, 1.807) is 12.5 Å². The van der Waals surface area contributed by atoms with Gasteiger partial charge in [0.15, 0.2) is 5.11 Å². The van der Waals surface area contributed by atoms with E-state index in [4.69, 9.17) is 16.6 Å². The van der Waals surface area contributed by atoms with Crippen LogP contribution in [-0.2, 0) is 19.6 Å². The average Bonchev–Trinajstić information content (AvgIpc) is 3.30. The molecule has 1 aliphatic heterocycles. The molecule has 3 heterocycles. The van der Waals surface area contributed by atoms with E-state index in [2.05, 4.69) is 44.8 Å². The Labute approximate surface area is 151 Å². The van der Waals surface area contributed by atoms with E-state index in [1.807, 2.05) is 24.3 Å². The van der Waals surface area contributed by atoms with Gasteiger partial charge in [-0.25, -0.2) is 4.98 Å². The van der Waals surface area contributed by atoms with Crippen molar-refractivity contribution in [2.75, 3.05) is 10.2 Å². The van der Waals surface area contributed by atoms with Crippen LogP contribution in [0.5, 0.6) is 0 Å². The Bertz CT molecular complexity index is 836. The summed E-state index contributed by atoms with van der Waals surface area (Å²) in [5, 5.41) is 6.78. The van der Waals surface area contributed by atoms with Gasteiger partial charge in [-0.3, -0.25) is 0 Å². The number of nitrogens with zero attached hydrogens (tertiary/aromatic N) is 2. The molecule has 1 aliphatic rings. The molecular formula is C19H18N4OS. The van der Waals surface area contributed by atoms with E-state index in [-0.39, 0.29) is 0 Å². The molecule has 2 aromatic heterocycles. The minimum absolute atomic E-state index is 0.541. The third-order valence-corrected chi connectivity index (χ3v) is 4.42. The lowest BCUT2D eigenvalue weighted by Crippen LogP contribution is -2.27. The zero-order chi connectivity index (χ0) is 17.1. The van der Waals surface area contributed by atoms with Crippen molar-refractivity contribution in [2.24, 2.45) is 0 Å². The van der Waals surface area contributed by atoms with Crippen LogP contribution in [0.1, 0.15) is 16.9 Å². The first-order valence-corrected chi connectivity index (χ1v) is 8.54. The molecule has 0 atom stereocenters. The molecule has 0 bridgehead atoms. The summed E-state index contributed by atoms with van der Waals surface area (Å²) in [6.07, 6.45) is 3.45. The molecule has 0 aliphatic carbocycles. The van der Waals surface area contributed by atoms with Crippen LogP contribution in [0, 0.1) is 0 Å². The largest absolute Gasteiger partial charge is 0.467 e. The van der Waals surface area contributed by atoms with Crippen molar-refractivity contribution >= 4 is 28.8 Å². The fourth-order valence-electron chi connectivity index (χ4n) is 2.90. The topological polar surface area (TPSA) is 53.3 Å². The Morgan fingerprint density at radius 2 is 1.88 bits per heavy atom. The van der Waals surface area contributed by atoms with Crippen molar-refractivity contribution in [1.29, 1.82) is 0 Å². The van der Waals surface area contributed by atoms with Crippen molar-refractivity contribution in [2.45, 2.75) is 19.6 Å². The summed E-state index contributed by atoms with van der Waals surface area (Å²) in [4.78, 5) is 6.83. The molecule has 0 radical (unpaired) electrons. The molecule has 2 N–H and O–H groups in total. The van der Waals surface area contributed by atoms with Crippen LogP contribution in [0.25, 0.3) is 0 Å². The highest BCUT2D eigenvalue weighted by Gasteiger charge is 2.19. The van der Waals surface area contributed by atoms with Gasteiger partial charge in [0.2, 0.25) is 0 Å². The second-order valence-electron chi connectivity index (χ2n) is 5.92. The maximum Gasteiger partial charge on any atom is 0.171 e. The fourth-order valence-corrected chi connectivity index (χ4v) is 3.09. The van der Waals surface area contributed by atoms with Crippen LogP contribution in [0.3, 0.4) is 0 Å². The summed E-state index contributed by atoms with van der Waals surface area (Å²) in [6, 6.07) is 16.3. The number of anilines is 2. The first-order valence-electron chi connectivity index (χ1n) is 8.13. The van der Waals surface area contributed by atoms with Gasteiger partial charge in [0.05, 0.1) is 24.7 Å². The van der Waals surface area contributed by atoms with E-state index in [0.717, 1.165) is 30.4 Å². The second-order valence-corrected chi connectivity index (χ2v) is 6.33. The first-order chi connectivity index (χ1) is 12.3. The third kappa shape index (κ3) is 3.64. The second kappa shape index (κ2) is 6.94. The third-order valence-electron chi connectivity index (χ3n) is 4.17. The zero-order valence-corrected chi connectivity index (χ0v) is 14.4. The monoisotopic (exact) mass is 350 g/mol. The van der Waals surface area contributed by atoms with Gasteiger partial charge in [-0.1, -0.05) is 24.3 Å². The van der Waals surface area contributed by atoms with E-state index in [0.29, 0.717) is 11.7 Å². The molecule has 6 heteroatoms. The lowest BCUT2D eigenvalue weighted by Gasteiger charge is -2.17. The number of benzene rings is 1. The molecule has 3 aromatic rings. The summed E-state index contributed by atoms with van der Waals surface area (Å²) in [7, 11) is 0. The molecule has 0 saturated carbocycles. The maximum atomic E-state index is 5.29. The van der Waals surface area contributed by atoms with Crippen LogP contribution in [0.4, 0.5) is 11.5 Å². The van der Waals surface area contributed by atoms with Gasteiger partial charge in [-0.15, -0.1) is 0 Å².